The fraction of sp³-hybridized carbons (Fsp3) is 0.182. The van der Waals surface area contributed by atoms with Gasteiger partial charge in [0.15, 0.2) is 4.47 Å². The molecule has 0 aliphatic heterocycles. The first kappa shape index (κ1) is 21.8. The molecule has 0 unspecified atom stereocenters. The van der Waals surface area contributed by atoms with E-state index in [9.17, 15) is 9.59 Å². The molecule has 0 saturated heterocycles. The Morgan fingerprint density at radius 1 is 1.16 bits per heavy atom. The number of carbonyl (C=O) groups excluding carboxylic acids is 2. The zero-order valence-corrected chi connectivity index (χ0v) is 19.1. The number of carbonyl (C=O) groups is 2. The number of thiazole rings is 1. The van der Waals surface area contributed by atoms with E-state index < -0.39 is 11.7 Å². The number of methoxy groups -OCH3 is 2. The predicted octanol–water partition coefficient (Wildman–Crippen LogP) is 4.34. The molecule has 3 heterocycles. The van der Waals surface area contributed by atoms with E-state index in [1.807, 2.05) is 23.6 Å². The minimum absolute atomic E-state index is 0.313. The van der Waals surface area contributed by atoms with Crippen LogP contribution >= 0.6 is 22.9 Å². The SMILES string of the molecule is COc1ccc2c(c1)c(C(=O)C(=O)Nc1ccnc(OC)c1)c(C)n2Cc1cnc(Cl)s1. The van der Waals surface area contributed by atoms with Crippen LogP contribution in [0.25, 0.3) is 10.9 Å². The molecule has 1 aromatic carbocycles. The first-order valence-corrected chi connectivity index (χ1v) is 10.7. The number of fused-ring (bicyclic) bond motifs is 1. The van der Waals surface area contributed by atoms with Gasteiger partial charge in [-0.25, -0.2) is 9.97 Å². The van der Waals surface area contributed by atoms with E-state index in [0.717, 1.165) is 10.4 Å². The van der Waals surface area contributed by atoms with Crippen LogP contribution in [0.15, 0.2) is 42.7 Å². The van der Waals surface area contributed by atoms with Gasteiger partial charge >= 0.3 is 0 Å². The van der Waals surface area contributed by atoms with Crippen LogP contribution in [0.5, 0.6) is 11.6 Å². The van der Waals surface area contributed by atoms with E-state index >= 15 is 0 Å². The third-order valence-electron chi connectivity index (χ3n) is 5.00. The van der Waals surface area contributed by atoms with E-state index in [1.165, 1.54) is 30.7 Å². The van der Waals surface area contributed by atoms with Crippen molar-refractivity contribution < 1.29 is 19.1 Å². The summed E-state index contributed by atoms with van der Waals surface area (Å²) in [7, 11) is 3.02. The number of rotatable bonds is 7. The second-order valence-corrected chi connectivity index (χ2v) is 8.58. The molecule has 0 saturated carbocycles. The highest BCUT2D eigenvalue weighted by atomic mass is 35.5. The monoisotopic (exact) mass is 470 g/mol. The summed E-state index contributed by atoms with van der Waals surface area (Å²) in [5, 5.41) is 3.25. The maximum atomic E-state index is 13.3. The number of amides is 1. The molecule has 0 atom stereocenters. The Hall–Kier alpha value is -3.43. The molecule has 1 N–H and O–H groups in total. The van der Waals surface area contributed by atoms with Gasteiger partial charge in [-0.3, -0.25) is 9.59 Å². The standard InChI is InChI=1S/C22H19ClN4O4S/c1-12-19(20(28)21(29)26-13-6-7-24-18(8-13)31-3)16-9-14(30-2)4-5-17(16)27(12)11-15-10-25-22(23)32-15/h4-10H,11H2,1-3H3,(H,24,26,29). The van der Waals surface area contributed by atoms with Gasteiger partial charge in [-0.15, -0.1) is 11.3 Å². The van der Waals surface area contributed by atoms with Crippen LogP contribution in [-0.4, -0.2) is 40.4 Å². The normalized spacial score (nSPS) is 10.9. The Balaban J connectivity index is 1.75. The zero-order chi connectivity index (χ0) is 22.8. The average Bonchev–Trinajstić information content (AvgIpc) is 3.33. The predicted molar refractivity (Wildman–Crippen MR) is 123 cm³/mol. The number of ketones is 1. The lowest BCUT2D eigenvalue weighted by molar-refractivity contribution is -0.112. The molecular weight excluding hydrogens is 452 g/mol. The highest BCUT2D eigenvalue weighted by molar-refractivity contribution is 7.15. The highest BCUT2D eigenvalue weighted by Gasteiger charge is 2.26. The second kappa shape index (κ2) is 8.97. The number of anilines is 1. The van der Waals surface area contributed by atoms with Crippen molar-refractivity contribution in [1.29, 1.82) is 0 Å². The molecule has 0 spiro atoms. The summed E-state index contributed by atoms with van der Waals surface area (Å²) in [6.45, 7) is 2.28. The molecule has 0 aliphatic carbocycles. The number of Topliss-reactive ketones (excluding diaryl/α,β-unsaturated/α-hetero) is 1. The average molecular weight is 471 g/mol. The molecule has 0 aliphatic rings. The van der Waals surface area contributed by atoms with Crippen LogP contribution in [-0.2, 0) is 11.3 Å². The lowest BCUT2D eigenvalue weighted by Crippen LogP contribution is -2.23. The summed E-state index contributed by atoms with van der Waals surface area (Å²) in [4.78, 5) is 35.1. The number of nitrogens with zero attached hydrogens (tertiary/aromatic N) is 3. The van der Waals surface area contributed by atoms with Crippen LogP contribution in [0.1, 0.15) is 20.9 Å². The summed E-state index contributed by atoms with van der Waals surface area (Å²) in [5.41, 5.74) is 2.18. The quantitative estimate of drug-likeness (QED) is 0.319. The van der Waals surface area contributed by atoms with Gasteiger partial charge in [0.2, 0.25) is 5.88 Å². The topological polar surface area (TPSA) is 95.3 Å². The summed E-state index contributed by atoms with van der Waals surface area (Å²) >= 11 is 7.34. The minimum Gasteiger partial charge on any atom is -0.497 e. The summed E-state index contributed by atoms with van der Waals surface area (Å²) in [6, 6.07) is 8.56. The molecule has 4 rings (SSSR count). The van der Waals surface area contributed by atoms with Gasteiger partial charge in [0.05, 0.1) is 26.3 Å². The van der Waals surface area contributed by atoms with Crippen LogP contribution in [0, 0.1) is 6.92 Å². The molecule has 8 nitrogen and oxygen atoms in total. The fourth-order valence-corrected chi connectivity index (χ4v) is 4.46. The van der Waals surface area contributed by atoms with Gasteiger partial charge in [0, 0.05) is 45.6 Å². The van der Waals surface area contributed by atoms with Gasteiger partial charge in [0.25, 0.3) is 11.7 Å². The Kier molecular flexibility index (Phi) is 6.11. The lowest BCUT2D eigenvalue weighted by atomic mass is 10.1. The van der Waals surface area contributed by atoms with Gasteiger partial charge in [0.1, 0.15) is 5.75 Å². The fourth-order valence-electron chi connectivity index (χ4n) is 3.49. The van der Waals surface area contributed by atoms with Crippen LogP contribution in [0.4, 0.5) is 5.69 Å². The second-order valence-electron chi connectivity index (χ2n) is 6.88. The smallest absolute Gasteiger partial charge is 0.296 e. The summed E-state index contributed by atoms with van der Waals surface area (Å²) in [5.74, 6) is -0.499. The van der Waals surface area contributed by atoms with Gasteiger partial charge in [-0.1, -0.05) is 11.6 Å². The van der Waals surface area contributed by atoms with Crippen molar-refractivity contribution in [2.45, 2.75) is 13.5 Å². The number of benzene rings is 1. The Morgan fingerprint density at radius 3 is 2.66 bits per heavy atom. The molecule has 3 aromatic heterocycles. The molecule has 164 valence electrons. The third-order valence-corrected chi connectivity index (χ3v) is 6.10. The Morgan fingerprint density at radius 2 is 1.97 bits per heavy atom. The largest absolute Gasteiger partial charge is 0.497 e. The summed E-state index contributed by atoms with van der Waals surface area (Å²) < 4.78 is 12.8. The van der Waals surface area contributed by atoms with Crippen molar-refractivity contribution in [1.82, 2.24) is 14.5 Å². The molecule has 4 aromatic rings. The first-order valence-electron chi connectivity index (χ1n) is 9.54. The number of pyridine rings is 1. The van der Waals surface area contributed by atoms with Gasteiger partial charge in [-0.2, -0.15) is 0 Å². The molecule has 0 fully saturated rings. The molecule has 1 amide bonds. The van der Waals surface area contributed by atoms with E-state index in [1.54, 1.807) is 25.4 Å². The number of aromatic nitrogens is 3. The molecule has 10 heteroatoms. The van der Waals surface area contributed by atoms with Crippen molar-refractivity contribution in [3.05, 3.63) is 63.3 Å². The summed E-state index contributed by atoms with van der Waals surface area (Å²) in [6.07, 6.45) is 3.19. The number of hydrogen-bond donors (Lipinski definition) is 1. The highest BCUT2D eigenvalue weighted by Crippen LogP contribution is 2.32. The first-order chi connectivity index (χ1) is 15.4. The zero-order valence-electron chi connectivity index (χ0n) is 17.5. The molecule has 0 radical (unpaired) electrons. The van der Waals surface area contributed by atoms with Crippen molar-refractivity contribution in [2.75, 3.05) is 19.5 Å². The van der Waals surface area contributed by atoms with Crippen LogP contribution < -0.4 is 14.8 Å². The van der Waals surface area contributed by atoms with Crippen LogP contribution in [0.3, 0.4) is 0 Å². The van der Waals surface area contributed by atoms with Crippen molar-refractivity contribution in [3.63, 3.8) is 0 Å². The number of hydrogen-bond acceptors (Lipinski definition) is 7. The van der Waals surface area contributed by atoms with Crippen molar-refractivity contribution in [3.8, 4) is 11.6 Å². The number of nitrogens with one attached hydrogen (secondary N) is 1. The lowest BCUT2D eigenvalue weighted by Gasteiger charge is -2.08. The van der Waals surface area contributed by atoms with Crippen molar-refractivity contribution >= 4 is 51.2 Å². The molecular formula is C22H19ClN4O4S. The van der Waals surface area contributed by atoms with Crippen LogP contribution in [0.2, 0.25) is 4.47 Å². The van der Waals surface area contributed by atoms with E-state index in [4.69, 9.17) is 21.1 Å². The van der Waals surface area contributed by atoms with E-state index in [-0.39, 0.29) is 0 Å². The third kappa shape index (κ3) is 4.17. The van der Waals surface area contributed by atoms with E-state index in [2.05, 4.69) is 15.3 Å². The van der Waals surface area contributed by atoms with Crippen molar-refractivity contribution in [2.24, 2.45) is 0 Å². The number of halogens is 1. The van der Waals surface area contributed by atoms with Gasteiger partial charge in [-0.05, 0) is 31.2 Å². The maximum absolute atomic E-state index is 13.3. The number of ether oxygens (including phenoxy) is 2. The Bertz CT molecular complexity index is 1330. The van der Waals surface area contributed by atoms with Gasteiger partial charge < -0.3 is 19.4 Å². The Labute approximate surface area is 192 Å². The maximum Gasteiger partial charge on any atom is 0.296 e. The molecule has 0 bridgehead atoms. The minimum atomic E-state index is -0.760. The molecule has 32 heavy (non-hydrogen) atoms. The van der Waals surface area contributed by atoms with E-state index in [0.29, 0.717) is 45.0 Å².